The Morgan fingerprint density at radius 2 is 1.48 bits per heavy atom. The van der Waals surface area contributed by atoms with Crippen LogP contribution in [0.15, 0.2) is 93.8 Å². The first-order valence-corrected chi connectivity index (χ1v) is 9.58. The Kier molecular flexibility index (Phi) is 3.35. The highest BCUT2D eigenvalue weighted by Gasteiger charge is 2.29. The standard InChI is InChI=1S/C25H17N2O2/c1-16-15-20(17-9-3-2-4-10-17)27-19-12-6-8-14-22(19)29-25(27)23(16)24-26-18-11-5-7-13-21(18)28-24/h2-15H,1H3/q+1. The molecular weight excluding hydrogens is 360 g/mol. The van der Waals surface area contributed by atoms with E-state index in [1.807, 2.05) is 60.7 Å². The molecule has 4 nitrogen and oxygen atoms in total. The monoisotopic (exact) mass is 377 g/mol. The van der Waals surface area contributed by atoms with Crippen molar-refractivity contribution in [1.82, 2.24) is 4.98 Å². The normalized spacial score (nSPS) is 11.6. The summed E-state index contributed by atoms with van der Waals surface area (Å²) in [6.07, 6.45) is 0. The summed E-state index contributed by atoms with van der Waals surface area (Å²) in [5.41, 5.74) is 8.30. The van der Waals surface area contributed by atoms with E-state index < -0.39 is 0 Å². The molecule has 4 heteroatoms. The van der Waals surface area contributed by atoms with E-state index in [1.54, 1.807) is 0 Å². The fraction of sp³-hybridized carbons (Fsp3) is 0.0400. The summed E-state index contributed by atoms with van der Waals surface area (Å²) in [6.45, 7) is 2.07. The van der Waals surface area contributed by atoms with Gasteiger partial charge in [0.1, 0.15) is 5.52 Å². The van der Waals surface area contributed by atoms with Crippen LogP contribution in [0.5, 0.6) is 0 Å². The van der Waals surface area contributed by atoms with Crippen LogP contribution >= 0.6 is 0 Å². The van der Waals surface area contributed by atoms with Gasteiger partial charge in [0.2, 0.25) is 17.2 Å². The topological polar surface area (TPSA) is 43.3 Å². The van der Waals surface area contributed by atoms with E-state index in [-0.39, 0.29) is 0 Å². The number of fused-ring (bicyclic) bond motifs is 4. The van der Waals surface area contributed by atoms with Gasteiger partial charge in [0.25, 0.3) is 5.52 Å². The van der Waals surface area contributed by atoms with Gasteiger partial charge in [-0.25, -0.2) is 4.98 Å². The van der Waals surface area contributed by atoms with Crippen LogP contribution in [0.4, 0.5) is 0 Å². The van der Waals surface area contributed by atoms with Gasteiger partial charge in [-0.2, -0.15) is 0 Å². The average Bonchev–Trinajstić information content (AvgIpc) is 3.35. The molecule has 0 radical (unpaired) electrons. The third kappa shape index (κ3) is 2.39. The van der Waals surface area contributed by atoms with Gasteiger partial charge < -0.3 is 8.83 Å². The summed E-state index contributed by atoms with van der Waals surface area (Å²) in [5.74, 6) is 0.569. The third-order valence-corrected chi connectivity index (χ3v) is 5.30. The van der Waals surface area contributed by atoms with Crippen LogP contribution in [0.3, 0.4) is 0 Å². The van der Waals surface area contributed by atoms with Crippen LogP contribution in [0.2, 0.25) is 0 Å². The van der Waals surface area contributed by atoms with Crippen molar-refractivity contribution in [3.8, 4) is 22.7 Å². The number of hydrogen-bond donors (Lipinski definition) is 0. The molecule has 0 bridgehead atoms. The van der Waals surface area contributed by atoms with Crippen molar-refractivity contribution in [2.75, 3.05) is 0 Å². The molecule has 3 aromatic heterocycles. The molecule has 29 heavy (non-hydrogen) atoms. The van der Waals surface area contributed by atoms with Crippen molar-refractivity contribution >= 4 is 27.9 Å². The van der Waals surface area contributed by atoms with Crippen LogP contribution in [0.25, 0.3) is 50.6 Å². The van der Waals surface area contributed by atoms with Gasteiger partial charge in [-0.15, -0.1) is 4.40 Å². The van der Waals surface area contributed by atoms with Gasteiger partial charge in [0.05, 0.1) is 0 Å². The molecule has 0 saturated heterocycles. The Balaban J connectivity index is 1.76. The van der Waals surface area contributed by atoms with Crippen molar-refractivity contribution in [3.05, 3.63) is 90.5 Å². The van der Waals surface area contributed by atoms with Crippen LogP contribution in [0.1, 0.15) is 5.56 Å². The molecule has 0 aliphatic heterocycles. The predicted octanol–water partition coefficient (Wildman–Crippen LogP) is 5.96. The molecule has 138 valence electrons. The lowest BCUT2D eigenvalue weighted by Crippen LogP contribution is -2.24. The zero-order valence-electron chi connectivity index (χ0n) is 15.8. The summed E-state index contributed by atoms with van der Waals surface area (Å²) in [5, 5.41) is 0. The second kappa shape index (κ2) is 6.04. The molecule has 0 aliphatic carbocycles. The Bertz CT molecular complexity index is 1480. The van der Waals surface area contributed by atoms with Gasteiger partial charge in [-0.1, -0.05) is 42.5 Å². The maximum absolute atomic E-state index is 6.34. The highest BCUT2D eigenvalue weighted by molar-refractivity contribution is 5.83. The Morgan fingerprint density at radius 3 is 2.31 bits per heavy atom. The number of pyridine rings is 1. The smallest absolute Gasteiger partial charge is 0.393 e. The van der Waals surface area contributed by atoms with E-state index in [1.165, 1.54) is 0 Å². The maximum Gasteiger partial charge on any atom is 0.393 e. The number of rotatable bonds is 2. The number of hydrogen-bond acceptors (Lipinski definition) is 3. The highest BCUT2D eigenvalue weighted by atomic mass is 16.4. The fourth-order valence-corrected chi connectivity index (χ4v) is 3.96. The van der Waals surface area contributed by atoms with Gasteiger partial charge >= 0.3 is 5.71 Å². The molecule has 6 rings (SSSR count). The number of aromatic nitrogens is 2. The van der Waals surface area contributed by atoms with Crippen molar-refractivity contribution in [3.63, 3.8) is 0 Å². The van der Waals surface area contributed by atoms with E-state index >= 15 is 0 Å². The summed E-state index contributed by atoms with van der Waals surface area (Å²) < 4.78 is 14.6. The zero-order chi connectivity index (χ0) is 19.4. The first-order valence-electron chi connectivity index (χ1n) is 9.58. The molecule has 3 heterocycles. The zero-order valence-corrected chi connectivity index (χ0v) is 15.8. The minimum absolute atomic E-state index is 0.569. The minimum atomic E-state index is 0.569. The highest BCUT2D eigenvalue weighted by Crippen LogP contribution is 2.33. The first kappa shape index (κ1) is 16.1. The molecule has 0 amide bonds. The quantitative estimate of drug-likeness (QED) is 0.350. The molecule has 0 aliphatic rings. The maximum atomic E-state index is 6.34. The first-order chi connectivity index (χ1) is 14.3. The molecule has 0 saturated carbocycles. The lowest BCUT2D eigenvalue weighted by atomic mass is 10.1. The van der Waals surface area contributed by atoms with Crippen LogP contribution < -0.4 is 4.40 Å². The van der Waals surface area contributed by atoms with Crippen molar-refractivity contribution in [2.24, 2.45) is 0 Å². The van der Waals surface area contributed by atoms with E-state index in [0.29, 0.717) is 5.89 Å². The molecule has 3 aromatic carbocycles. The SMILES string of the molecule is Cc1cc(-c2ccccc2)[n+]2c(oc3ccccc32)c1-c1nc2ccccc2o1. The number of aryl methyl sites for hydroxylation is 1. The molecule has 0 atom stereocenters. The lowest BCUT2D eigenvalue weighted by Gasteiger charge is -2.03. The second-order valence-electron chi connectivity index (χ2n) is 7.15. The van der Waals surface area contributed by atoms with Crippen molar-refractivity contribution in [2.45, 2.75) is 6.92 Å². The Morgan fingerprint density at radius 1 is 0.759 bits per heavy atom. The average molecular weight is 377 g/mol. The summed E-state index contributed by atoms with van der Waals surface area (Å²) >= 11 is 0. The van der Waals surface area contributed by atoms with E-state index in [0.717, 1.165) is 50.3 Å². The van der Waals surface area contributed by atoms with E-state index in [4.69, 9.17) is 13.8 Å². The molecule has 0 fully saturated rings. The largest absolute Gasteiger partial charge is 0.436 e. The number of benzene rings is 3. The molecular formula is C25H17N2O2+. The second-order valence-corrected chi connectivity index (χ2v) is 7.15. The van der Waals surface area contributed by atoms with E-state index in [2.05, 4.69) is 35.6 Å². The number of oxazole rings is 2. The summed E-state index contributed by atoms with van der Waals surface area (Å²) in [7, 11) is 0. The van der Waals surface area contributed by atoms with E-state index in [9.17, 15) is 0 Å². The number of para-hydroxylation sites is 4. The fourth-order valence-electron chi connectivity index (χ4n) is 3.96. The van der Waals surface area contributed by atoms with Crippen LogP contribution in [-0.2, 0) is 0 Å². The third-order valence-electron chi connectivity index (χ3n) is 5.30. The van der Waals surface area contributed by atoms with Crippen molar-refractivity contribution < 1.29 is 13.2 Å². The van der Waals surface area contributed by atoms with Crippen LogP contribution in [0, 0.1) is 6.92 Å². The van der Waals surface area contributed by atoms with Gasteiger partial charge in [0, 0.05) is 17.7 Å². The number of nitrogens with zero attached hydrogens (tertiary/aromatic N) is 2. The molecule has 6 aromatic rings. The summed E-state index contributed by atoms with van der Waals surface area (Å²) in [6, 6.07) is 28.4. The molecule has 0 N–H and O–H groups in total. The van der Waals surface area contributed by atoms with Crippen LogP contribution in [-0.4, -0.2) is 4.98 Å². The van der Waals surface area contributed by atoms with Gasteiger partial charge in [-0.3, -0.25) is 0 Å². The Hall–Kier alpha value is -3.92. The summed E-state index contributed by atoms with van der Waals surface area (Å²) in [4.78, 5) is 4.73. The lowest BCUT2D eigenvalue weighted by molar-refractivity contribution is -0.472. The minimum Gasteiger partial charge on any atom is -0.436 e. The predicted molar refractivity (Wildman–Crippen MR) is 113 cm³/mol. The van der Waals surface area contributed by atoms with Gasteiger partial charge in [-0.05, 0) is 42.8 Å². The molecule has 0 unspecified atom stereocenters. The van der Waals surface area contributed by atoms with Crippen molar-refractivity contribution in [1.29, 1.82) is 0 Å². The van der Waals surface area contributed by atoms with Gasteiger partial charge in [0.15, 0.2) is 11.1 Å². The Labute approximate surface area is 166 Å². The molecule has 0 spiro atoms.